The van der Waals surface area contributed by atoms with E-state index in [0.29, 0.717) is 32.5 Å². The van der Waals surface area contributed by atoms with Gasteiger partial charge in [0.1, 0.15) is 5.60 Å². The van der Waals surface area contributed by atoms with E-state index in [1.54, 1.807) is 4.90 Å². The van der Waals surface area contributed by atoms with Crippen LogP contribution < -0.4 is 0 Å². The monoisotopic (exact) mass is 306 g/mol. The summed E-state index contributed by atoms with van der Waals surface area (Å²) in [5, 5.41) is 17.8. The Kier molecular flexibility index (Phi) is 6.64. The smallest absolute Gasteiger partial charge is 0.410 e. The van der Waals surface area contributed by atoms with E-state index in [1.165, 1.54) is 0 Å². The van der Waals surface area contributed by atoms with Crippen LogP contribution in [0.3, 0.4) is 0 Å². The molecule has 0 spiro atoms. The van der Waals surface area contributed by atoms with Gasteiger partial charge >= 0.3 is 6.09 Å². The summed E-state index contributed by atoms with van der Waals surface area (Å²) in [5.74, 6) is -0.129. The second kappa shape index (κ2) is 8.00. The number of piperazine rings is 1. The van der Waals surface area contributed by atoms with Gasteiger partial charge in [0.25, 0.3) is 0 Å². The number of carbonyl (C=O) groups excluding carboxylic acids is 1. The Hall–Kier alpha value is -1.79. The van der Waals surface area contributed by atoms with E-state index in [1.807, 2.05) is 20.8 Å². The predicted molar refractivity (Wildman–Crippen MR) is 82.8 cm³/mol. The van der Waals surface area contributed by atoms with E-state index in [2.05, 4.69) is 24.0 Å². The second-order valence-electron chi connectivity index (χ2n) is 6.79. The first-order chi connectivity index (χ1) is 10.3. The summed E-state index contributed by atoms with van der Waals surface area (Å²) < 4.78 is 5.40. The number of rotatable bonds is 4. The first-order valence-electron chi connectivity index (χ1n) is 7.75. The number of hydrogen-bond donors (Lipinski definition) is 0. The van der Waals surface area contributed by atoms with Crippen molar-refractivity contribution >= 4 is 6.09 Å². The first kappa shape index (κ1) is 18.3. The van der Waals surface area contributed by atoms with Gasteiger partial charge in [0.15, 0.2) is 0 Å². The Labute approximate surface area is 133 Å². The molecule has 6 nitrogen and oxygen atoms in total. The Morgan fingerprint density at radius 2 is 2.05 bits per heavy atom. The zero-order chi connectivity index (χ0) is 16.8. The average Bonchev–Trinajstić information content (AvgIpc) is 2.43. The van der Waals surface area contributed by atoms with Gasteiger partial charge in [-0.3, -0.25) is 4.90 Å². The summed E-state index contributed by atoms with van der Waals surface area (Å²) in [5.41, 5.74) is -0.485. The highest BCUT2D eigenvalue weighted by molar-refractivity contribution is 5.68. The molecule has 0 aliphatic carbocycles. The van der Waals surface area contributed by atoms with Gasteiger partial charge in [-0.2, -0.15) is 10.5 Å². The molecule has 1 aliphatic heterocycles. The number of ether oxygens (including phenoxy) is 1. The second-order valence-corrected chi connectivity index (χ2v) is 6.79. The van der Waals surface area contributed by atoms with E-state index >= 15 is 0 Å². The van der Waals surface area contributed by atoms with Crippen LogP contribution in [0.25, 0.3) is 0 Å². The Morgan fingerprint density at radius 3 is 2.55 bits per heavy atom. The molecule has 1 amide bonds. The lowest BCUT2D eigenvalue weighted by Gasteiger charge is -2.40. The maximum Gasteiger partial charge on any atom is 0.410 e. The Morgan fingerprint density at radius 1 is 1.36 bits per heavy atom. The molecule has 0 saturated carbocycles. The van der Waals surface area contributed by atoms with Crippen LogP contribution in [-0.4, -0.2) is 53.7 Å². The van der Waals surface area contributed by atoms with E-state index in [-0.39, 0.29) is 18.1 Å². The number of hydrogen-bond acceptors (Lipinski definition) is 5. The highest BCUT2D eigenvalue weighted by Crippen LogP contribution is 2.17. The number of nitrogens with zero attached hydrogens (tertiary/aromatic N) is 4. The van der Waals surface area contributed by atoms with Crippen molar-refractivity contribution in [1.29, 1.82) is 10.5 Å². The minimum absolute atomic E-state index is 0.129. The zero-order valence-electron chi connectivity index (χ0n) is 14.0. The average molecular weight is 306 g/mol. The third-order valence-electron chi connectivity index (χ3n) is 3.66. The van der Waals surface area contributed by atoms with Gasteiger partial charge in [-0.15, -0.1) is 0 Å². The van der Waals surface area contributed by atoms with E-state index in [4.69, 9.17) is 15.3 Å². The van der Waals surface area contributed by atoms with Gasteiger partial charge in [0.2, 0.25) is 0 Å². The lowest BCUT2D eigenvalue weighted by molar-refractivity contribution is 0.00449. The lowest BCUT2D eigenvalue weighted by atomic mass is 10.0. The van der Waals surface area contributed by atoms with Crippen molar-refractivity contribution in [3.8, 4) is 12.1 Å². The molecular formula is C16H26N4O2. The SMILES string of the molecule is C[C@@H]1CN(C(=O)OC(C)(C)C)CCN1C[C@@H](C#N)CCC#N. The van der Waals surface area contributed by atoms with Crippen molar-refractivity contribution in [2.75, 3.05) is 26.2 Å². The van der Waals surface area contributed by atoms with Gasteiger partial charge in [-0.25, -0.2) is 4.79 Å². The van der Waals surface area contributed by atoms with Gasteiger partial charge in [0.05, 0.1) is 18.1 Å². The van der Waals surface area contributed by atoms with Crippen LogP contribution in [-0.2, 0) is 4.74 Å². The molecular weight excluding hydrogens is 280 g/mol. The Balaban J connectivity index is 2.51. The van der Waals surface area contributed by atoms with Crippen LogP contribution in [0.15, 0.2) is 0 Å². The van der Waals surface area contributed by atoms with Crippen molar-refractivity contribution in [2.24, 2.45) is 5.92 Å². The van der Waals surface area contributed by atoms with E-state index in [9.17, 15) is 4.79 Å². The molecule has 122 valence electrons. The van der Waals surface area contributed by atoms with Gasteiger partial charge in [-0.05, 0) is 34.1 Å². The van der Waals surface area contributed by atoms with Crippen molar-refractivity contribution in [3.63, 3.8) is 0 Å². The quantitative estimate of drug-likeness (QED) is 0.796. The molecule has 0 radical (unpaired) electrons. The molecule has 0 aromatic heterocycles. The van der Waals surface area contributed by atoms with Crippen LogP contribution in [0.2, 0.25) is 0 Å². The molecule has 0 aromatic carbocycles. The molecule has 0 aromatic rings. The van der Waals surface area contributed by atoms with E-state index in [0.717, 1.165) is 6.54 Å². The molecule has 2 atom stereocenters. The predicted octanol–water partition coefficient (Wildman–Crippen LogP) is 2.37. The summed E-state index contributed by atoms with van der Waals surface area (Å²) in [6.45, 7) is 10.2. The summed E-state index contributed by atoms with van der Waals surface area (Å²) >= 11 is 0. The molecule has 0 unspecified atom stereocenters. The molecule has 1 heterocycles. The largest absolute Gasteiger partial charge is 0.444 e. The summed E-state index contributed by atoms with van der Waals surface area (Å²) in [6.07, 6.45) is 0.733. The summed E-state index contributed by atoms with van der Waals surface area (Å²) in [4.78, 5) is 16.0. The molecule has 1 fully saturated rings. The zero-order valence-corrected chi connectivity index (χ0v) is 14.0. The fourth-order valence-electron chi connectivity index (χ4n) is 2.48. The first-order valence-corrected chi connectivity index (χ1v) is 7.75. The van der Waals surface area contributed by atoms with E-state index < -0.39 is 5.60 Å². The van der Waals surface area contributed by atoms with Gasteiger partial charge < -0.3 is 9.64 Å². The fraction of sp³-hybridized carbons (Fsp3) is 0.812. The minimum Gasteiger partial charge on any atom is -0.444 e. The number of nitriles is 2. The maximum atomic E-state index is 12.1. The molecule has 22 heavy (non-hydrogen) atoms. The van der Waals surface area contributed by atoms with Crippen LogP contribution in [0.1, 0.15) is 40.5 Å². The molecule has 0 N–H and O–H groups in total. The summed E-state index contributed by atoms with van der Waals surface area (Å²) in [7, 11) is 0. The van der Waals surface area contributed by atoms with Crippen molar-refractivity contribution < 1.29 is 9.53 Å². The molecule has 1 rings (SSSR count). The van der Waals surface area contributed by atoms with Crippen LogP contribution >= 0.6 is 0 Å². The maximum absolute atomic E-state index is 12.1. The molecule has 6 heteroatoms. The summed E-state index contributed by atoms with van der Waals surface area (Å²) in [6, 6.07) is 4.54. The standard InChI is InChI=1S/C16H26N4O2/c1-13-11-20(15(21)22-16(2,3)4)9-8-19(13)12-14(10-18)6-5-7-17/h13-14H,5-6,8-9,11-12H2,1-4H3/t13-,14-/m1/s1. The molecule has 1 aliphatic rings. The van der Waals surface area contributed by atoms with Crippen molar-refractivity contribution in [3.05, 3.63) is 0 Å². The third-order valence-corrected chi connectivity index (χ3v) is 3.66. The van der Waals surface area contributed by atoms with Crippen LogP contribution in [0.4, 0.5) is 4.79 Å². The fourth-order valence-corrected chi connectivity index (χ4v) is 2.48. The third kappa shape index (κ3) is 5.91. The normalized spacial score (nSPS) is 20.8. The number of carbonyl (C=O) groups is 1. The van der Waals surface area contributed by atoms with Crippen LogP contribution in [0, 0.1) is 28.6 Å². The lowest BCUT2D eigenvalue weighted by Crippen LogP contribution is -2.55. The number of amides is 1. The Bertz CT molecular complexity index is 458. The highest BCUT2D eigenvalue weighted by Gasteiger charge is 2.30. The topological polar surface area (TPSA) is 80.4 Å². The van der Waals surface area contributed by atoms with Crippen LogP contribution in [0.5, 0.6) is 0 Å². The van der Waals surface area contributed by atoms with Crippen molar-refractivity contribution in [1.82, 2.24) is 9.80 Å². The minimum atomic E-state index is -0.485. The van der Waals surface area contributed by atoms with Crippen molar-refractivity contribution in [2.45, 2.75) is 52.2 Å². The molecule has 1 saturated heterocycles. The molecule has 0 bridgehead atoms. The van der Waals surface area contributed by atoms with Gasteiger partial charge in [0, 0.05) is 38.6 Å². The highest BCUT2D eigenvalue weighted by atomic mass is 16.6. The van der Waals surface area contributed by atoms with Gasteiger partial charge in [-0.1, -0.05) is 0 Å².